The predicted octanol–water partition coefficient (Wildman–Crippen LogP) is 0.975. The third kappa shape index (κ3) is 5.58. The average molecular weight is 527 g/mol. The number of fused-ring (bicyclic) bond motifs is 1. The van der Waals surface area contributed by atoms with Crippen LogP contribution in [0.15, 0.2) is 18.2 Å². The first-order valence-corrected chi connectivity index (χ1v) is 13.4. The molecule has 1 aromatic carbocycles. The predicted molar refractivity (Wildman–Crippen MR) is 135 cm³/mol. The van der Waals surface area contributed by atoms with Crippen LogP contribution in [-0.4, -0.2) is 101 Å². The van der Waals surface area contributed by atoms with Gasteiger partial charge in [-0.05, 0) is 82.3 Å². The van der Waals surface area contributed by atoms with E-state index >= 15 is 0 Å². The van der Waals surface area contributed by atoms with Gasteiger partial charge < -0.3 is 14.7 Å². The lowest BCUT2D eigenvalue weighted by Gasteiger charge is -2.37. The number of benzene rings is 1. The molecule has 38 heavy (non-hydrogen) atoms. The number of nitrogens with one attached hydrogen (secondary N) is 1. The summed E-state index contributed by atoms with van der Waals surface area (Å²) in [4.78, 5) is 66.4. The third-order valence-electron chi connectivity index (χ3n) is 8.19. The van der Waals surface area contributed by atoms with Crippen LogP contribution < -0.4 is 10.1 Å². The highest BCUT2D eigenvalue weighted by molar-refractivity contribution is 6.24. The van der Waals surface area contributed by atoms with Crippen LogP contribution in [0.25, 0.3) is 0 Å². The molecule has 11 heteroatoms. The molecule has 0 radical (unpaired) electrons. The Morgan fingerprint density at radius 3 is 2.29 bits per heavy atom. The van der Waals surface area contributed by atoms with Crippen LogP contribution in [0.5, 0.6) is 5.75 Å². The summed E-state index contributed by atoms with van der Waals surface area (Å²) in [6.45, 7) is 5.21. The summed E-state index contributed by atoms with van der Waals surface area (Å²) in [6.07, 6.45) is 4.20. The Labute approximate surface area is 221 Å². The maximum atomic E-state index is 13.2. The Morgan fingerprint density at radius 1 is 0.921 bits per heavy atom. The fourth-order valence-corrected chi connectivity index (χ4v) is 6.03. The number of nitrogens with zero attached hydrogens (tertiary/aromatic N) is 3. The van der Waals surface area contributed by atoms with Crippen LogP contribution in [0.1, 0.15) is 59.2 Å². The molecule has 4 amide bonds. The number of carbonyl (C=O) groups is 5. The number of carboxylic acid groups (broad SMARTS) is 1. The van der Waals surface area contributed by atoms with E-state index in [1.807, 2.05) is 4.90 Å². The van der Waals surface area contributed by atoms with Gasteiger partial charge in [-0.25, -0.2) is 0 Å². The van der Waals surface area contributed by atoms with Crippen LogP contribution in [0.3, 0.4) is 0 Å². The van der Waals surface area contributed by atoms with Crippen molar-refractivity contribution < 1.29 is 33.8 Å². The molecule has 204 valence electrons. The van der Waals surface area contributed by atoms with Crippen molar-refractivity contribution in [1.29, 1.82) is 0 Å². The highest BCUT2D eigenvalue weighted by Gasteiger charge is 2.46. The van der Waals surface area contributed by atoms with E-state index in [1.54, 1.807) is 18.2 Å². The monoisotopic (exact) mass is 526 g/mol. The number of aliphatic carboxylic acids is 1. The van der Waals surface area contributed by atoms with Crippen molar-refractivity contribution in [3.05, 3.63) is 29.3 Å². The summed E-state index contributed by atoms with van der Waals surface area (Å²) in [5, 5.41) is 11.2. The number of hydrogen-bond donors (Lipinski definition) is 2. The highest BCUT2D eigenvalue weighted by atomic mass is 16.5. The molecule has 3 saturated heterocycles. The molecule has 3 fully saturated rings. The Bertz CT molecular complexity index is 1120. The van der Waals surface area contributed by atoms with Gasteiger partial charge in [-0.2, -0.15) is 0 Å². The van der Waals surface area contributed by atoms with E-state index < -0.39 is 35.6 Å². The normalized spacial score (nSPS) is 24.0. The lowest BCUT2D eigenvalue weighted by molar-refractivity contribution is -0.139. The zero-order chi connectivity index (χ0) is 26.8. The highest BCUT2D eigenvalue weighted by Crippen LogP contribution is 2.34. The summed E-state index contributed by atoms with van der Waals surface area (Å²) < 4.78 is 6.09. The van der Waals surface area contributed by atoms with Gasteiger partial charge in [0.25, 0.3) is 11.8 Å². The van der Waals surface area contributed by atoms with Crippen molar-refractivity contribution in [2.45, 2.75) is 44.6 Å². The lowest BCUT2D eigenvalue weighted by atomic mass is 9.93. The molecular weight excluding hydrogens is 492 g/mol. The number of amides is 4. The molecule has 0 saturated carbocycles. The van der Waals surface area contributed by atoms with Crippen LogP contribution in [0.2, 0.25) is 0 Å². The fraction of sp³-hybridized carbons (Fsp3) is 0.593. The van der Waals surface area contributed by atoms with E-state index in [9.17, 15) is 24.0 Å². The molecule has 4 aliphatic heterocycles. The molecule has 1 atom stereocenters. The van der Waals surface area contributed by atoms with Gasteiger partial charge in [-0.3, -0.25) is 39.1 Å². The maximum absolute atomic E-state index is 13.2. The van der Waals surface area contributed by atoms with E-state index in [1.165, 1.54) is 0 Å². The molecule has 0 bridgehead atoms. The number of piperidine rings is 3. The molecule has 0 aliphatic carbocycles. The molecule has 4 aliphatic rings. The molecule has 1 aromatic rings. The second-order valence-corrected chi connectivity index (χ2v) is 10.8. The van der Waals surface area contributed by atoms with Gasteiger partial charge in [0.05, 0.1) is 24.3 Å². The molecule has 11 nitrogen and oxygen atoms in total. The SMILES string of the molecule is O=C(O)CN1CCC(CN2CCC(COc3cccc4c3C(=O)N(C3CCC(=O)NC3=O)C4=O)CC2)CC1. The van der Waals surface area contributed by atoms with Gasteiger partial charge in [0, 0.05) is 13.0 Å². The van der Waals surface area contributed by atoms with Crippen LogP contribution in [-0.2, 0) is 14.4 Å². The average Bonchev–Trinajstić information content (AvgIpc) is 3.15. The first-order chi connectivity index (χ1) is 18.3. The van der Waals surface area contributed by atoms with Crippen LogP contribution in [0.4, 0.5) is 0 Å². The zero-order valence-electron chi connectivity index (χ0n) is 21.4. The van der Waals surface area contributed by atoms with Crippen LogP contribution >= 0.6 is 0 Å². The third-order valence-corrected chi connectivity index (χ3v) is 8.19. The minimum Gasteiger partial charge on any atom is -0.492 e. The summed E-state index contributed by atoms with van der Waals surface area (Å²) in [6, 6.07) is 3.93. The van der Waals surface area contributed by atoms with Gasteiger partial charge >= 0.3 is 5.97 Å². The lowest BCUT2D eigenvalue weighted by Crippen LogP contribution is -2.54. The fourth-order valence-electron chi connectivity index (χ4n) is 6.03. The van der Waals surface area contributed by atoms with E-state index in [2.05, 4.69) is 10.2 Å². The van der Waals surface area contributed by atoms with Crippen molar-refractivity contribution >= 4 is 29.6 Å². The molecule has 0 aromatic heterocycles. The number of likely N-dealkylation sites (tertiary alicyclic amines) is 2. The number of carboxylic acids is 1. The summed E-state index contributed by atoms with van der Waals surface area (Å²) in [7, 11) is 0. The summed E-state index contributed by atoms with van der Waals surface area (Å²) >= 11 is 0. The number of hydrogen-bond acceptors (Lipinski definition) is 8. The van der Waals surface area contributed by atoms with Crippen molar-refractivity contribution in [3.8, 4) is 5.75 Å². The molecule has 2 N–H and O–H groups in total. The molecule has 4 heterocycles. The van der Waals surface area contributed by atoms with Gasteiger partial charge in [0.2, 0.25) is 11.8 Å². The molecule has 1 unspecified atom stereocenters. The van der Waals surface area contributed by atoms with Crippen molar-refractivity contribution in [2.75, 3.05) is 45.9 Å². The number of imide groups is 2. The second-order valence-electron chi connectivity index (χ2n) is 10.8. The quantitative estimate of drug-likeness (QED) is 0.475. The van der Waals surface area contributed by atoms with E-state index in [0.29, 0.717) is 24.2 Å². The molecule has 0 spiro atoms. The number of carbonyl (C=O) groups excluding carboxylic acids is 4. The Kier molecular flexibility index (Phi) is 7.75. The van der Waals surface area contributed by atoms with Gasteiger partial charge in [0.1, 0.15) is 11.8 Å². The minimum atomic E-state index is -0.998. The van der Waals surface area contributed by atoms with Gasteiger partial charge in [-0.15, -0.1) is 0 Å². The Balaban J connectivity index is 1.12. The van der Waals surface area contributed by atoms with E-state index in [4.69, 9.17) is 9.84 Å². The second kappa shape index (κ2) is 11.2. The van der Waals surface area contributed by atoms with Gasteiger partial charge in [-0.1, -0.05) is 6.07 Å². The Morgan fingerprint density at radius 2 is 1.61 bits per heavy atom. The van der Waals surface area contributed by atoms with Crippen molar-refractivity contribution in [1.82, 2.24) is 20.0 Å². The summed E-state index contributed by atoms with van der Waals surface area (Å²) in [5.41, 5.74) is 0.412. The van der Waals surface area contributed by atoms with Gasteiger partial charge in [0.15, 0.2) is 0 Å². The minimum absolute atomic E-state index is 0.0791. The number of ether oxygens (including phenoxy) is 1. The maximum Gasteiger partial charge on any atom is 0.317 e. The number of rotatable bonds is 8. The first kappa shape index (κ1) is 26.3. The van der Waals surface area contributed by atoms with E-state index in [-0.39, 0.29) is 30.5 Å². The largest absolute Gasteiger partial charge is 0.492 e. The Hall–Kier alpha value is -3.31. The smallest absolute Gasteiger partial charge is 0.317 e. The first-order valence-electron chi connectivity index (χ1n) is 13.4. The summed E-state index contributed by atoms with van der Waals surface area (Å²) in [5.74, 6) is -1.61. The van der Waals surface area contributed by atoms with Crippen molar-refractivity contribution in [3.63, 3.8) is 0 Å². The topological polar surface area (TPSA) is 137 Å². The molecular formula is C27H34N4O7. The van der Waals surface area contributed by atoms with Crippen molar-refractivity contribution in [2.24, 2.45) is 11.8 Å². The van der Waals surface area contributed by atoms with E-state index in [0.717, 1.165) is 63.3 Å². The standard InChI is InChI=1S/C27H34N4O7/c32-22-5-4-20(25(35)28-22)31-26(36)19-2-1-3-21(24(19)27(31)37)38-16-18-8-12-29(13-9-18)14-17-6-10-30(11-7-17)15-23(33)34/h1-3,17-18,20H,4-16H2,(H,33,34)(H,28,32,35). The van der Waals surface area contributed by atoms with Crippen LogP contribution in [0, 0.1) is 11.8 Å². The molecule has 5 rings (SSSR count). The zero-order valence-corrected chi connectivity index (χ0v) is 21.4.